The van der Waals surface area contributed by atoms with Crippen molar-refractivity contribution in [1.29, 1.82) is 5.41 Å². The van der Waals surface area contributed by atoms with Crippen LogP contribution >= 0.6 is 0 Å². The minimum Gasteiger partial charge on any atom is -0.322 e. The van der Waals surface area contributed by atoms with Crippen LogP contribution in [0.15, 0.2) is 48.5 Å². The minimum absolute atomic E-state index is 0.126. The number of hydrogen-bond acceptors (Lipinski definition) is 2. The highest BCUT2D eigenvalue weighted by Gasteiger charge is 2.05. The van der Waals surface area contributed by atoms with E-state index in [1.54, 1.807) is 31.2 Å². The second kappa shape index (κ2) is 8.00. The van der Waals surface area contributed by atoms with Gasteiger partial charge in [0, 0.05) is 17.0 Å². The van der Waals surface area contributed by atoms with Crippen molar-refractivity contribution >= 4 is 17.3 Å². The smallest absolute Gasteiger partial charge is 0.255 e. The molecule has 0 bridgehead atoms. The minimum atomic E-state index is -0.126. The lowest BCUT2D eigenvalue weighted by Crippen LogP contribution is -2.11. The summed E-state index contributed by atoms with van der Waals surface area (Å²) in [6.07, 6.45) is 0. The van der Waals surface area contributed by atoms with Crippen LogP contribution in [0.5, 0.6) is 0 Å². The summed E-state index contributed by atoms with van der Waals surface area (Å²) in [7, 11) is 0. The predicted octanol–water partition coefficient (Wildman–Crippen LogP) is 4.66. The maximum Gasteiger partial charge on any atom is 0.255 e. The fourth-order valence-corrected chi connectivity index (χ4v) is 1.71. The fraction of sp³-hybridized carbons (Fsp3) is 0.222. The average molecular weight is 282 g/mol. The molecule has 0 saturated carbocycles. The molecule has 0 aliphatic carbocycles. The number of carbonyl (C=O) groups is 1. The van der Waals surface area contributed by atoms with Gasteiger partial charge in [-0.15, -0.1) is 0 Å². The normalized spacial score (nSPS) is 9.33. The SMILES string of the molecule is CC.CC(=N)c1ccc(NC(=O)c2ccc(C)cc2)cc1. The van der Waals surface area contributed by atoms with Crippen LogP contribution in [0, 0.1) is 12.3 Å². The van der Waals surface area contributed by atoms with Crippen molar-refractivity contribution in [3.63, 3.8) is 0 Å². The van der Waals surface area contributed by atoms with E-state index in [2.05, 4.69) is 5.32 Å². The van der Waals surface area contributed by atoms with Crippen LogP contribution in [0.1, 0.15) is 42.3 Å². The molecule has 2 aromatic rings. The Balaban J connectivity index is 0.00000106. The highest BCUT2D eigenvalue weighted by molar-refractivity contribution is 6.04. The first-order valence-electron chi connectivity index (χ1n) is 7.10. The van der Waals surface area contributed by atoms with E-state index >= 15 is 0 Å². The molecule has 3 nitrogen and oxygen atoms in total. The third-order valence-electron chi connectivity index (χ3n) is 2.89. The number of aryl methyl sites for hydroxylation is 1. The summed E-state index contributed by atoms with van der Waals surface area (Å²) in [5.74, 6) is -0.126. The number of anilines is 1. The molecule has 0 atom stereocenters. The second-order valence-electron chi connectivity index (χ2n) is 4.52. The van der Waals surface area contributed by atoms with E-state index in [-0.39, 0.29) is 5.91 Å². The zero-order valence-corrected chi connectivity index (χ0v) is 13.0. The van der Waals surface area contributed by atoms with Gasteiger partial charge in [0.25, 0.3) is 5.91 Å². The Bertz CT molecular complexity index is 598. The summed E-state index contributed by atoms with van der Waals surface area (Å²) in [6, 6.07) is 14.7. The van der Waals surface area contributed by atoms with Crippen LogP contribution in [-0.2, 0) is 0 Å². The van der Waals surface area contributed by atoms with Crippen LogP contribution in [0.2, 0.25) is 0 Å². The maximum atomic E-state index is 12.0. The van der Waals surface area contributed by atoms with Crippen LogP contribution in [0.4, 0.5) is 5.69 Å². The van der Waals surface area contributed by atoms with Crippen LogP contribution < -0.4 is 5.32 Å². The first-order chi connectivity index (χ1) is 10.1. The third kappa shape index (κ3) is 4.88. The lowest BCUT2D eigenvalue weighted by atomic mass is 10.1. The van der Waals surface area contributed by atoms with Gasteiger partial charge in [0.1, 0.15) is 0 Å². The zero-order chi connectivity index (χ0) is 15.8. The Morgan fingerprint density at radius 3 is 1.86 bits per heavy atom. The van der Waals surface area contributed by atoms with Gasteiger partial charge in [-0.25, -0.2) is 0 Å². The van der Waals surface area contributed by atoms with Gasteiger partial charge in [-0.1, -0.05) is 43.7 Å². The van der Waals surface area contributed by atoms with E-state index in [0.29, 0.717) is 11.3 Å². The van der Waals surface area contributed by atoms with E-state index in [0.717, 1.165) is 16.8 Å². The summed E-state index contributed by atoms with van der Waals surface area (Å²) < 4.78 is 0. The number of carbonyl (C=O) groups excluding carboxylic acids is 1. The molecule has 0 fully saturated rings. The van der Waals surface area contributed by atoms with Crippen molar-refractivity contribution in [1.82, 2.24) is 0 Å². The maximum absolute atomic E-state index is 12.0. The van der Waals surface area contributed by atoms with Gasteiger partial charge >= 0.3 is 0 Å². The van der Waals surface area contributed by atoms with Gasteiger partial charge in [-0.3, -0.25) is 4.79 Å². The lowest BCUT2D eigenvalue weighted by Gasteiger charge is -2.06. The molecule has 2 N–H and O–H groups in total. The van der Waals surface area contributed by atoms with Crippen LogP contribution in [0.3, 0.4) is 0 Å². The van der Waals surface area contributed by atoms with Gasteiger partial charge in [0.15, 0.2) is 0 Å². The van der Waals surface area contributed by atoms with Gasteiger partial charge in [0.2, 0.25) is 0 Å². The highest BCUT2D eigenvalue weighted by atomic mass is 16.1. The summed E-state index contributed by atoms with van der Waals surface area (Å²) in [4.78, 5) is 12.0. The van der Waals surface area contributed by atoms with E-state index in [9.17, 15) is 4.79 Å². The lowest BCUT2D eigenvalue weighted by molar-refractivity contribution is 0.102. The zero-order valence-electron chi connectivity index (χ0n) is 13.0. The molecule has 0 saturated heterocycles. The number of rotatable bonds is 3. The number of hydrogen-bond donors (Lipinski definition) is 2. The number of amides is 1. The number of nitrogens with one attached hydrogen (secondary N) is 2. The molecular weight excluding hydrogens is 260 g/mol. The molecule has 1 amide bonds. The molecule has 0 unspecified atom stereocenters. The Morgan fingerprint density at radius 2 is 1.38 bits per heavy atom. The quantitative estimate of drug-likeness (QED) is 0.790. The molecular formula is C18H22N2O. The van der Waals surface area contributed by atoms with E-state index in [4.69, 9.17) is 5.41 Å². The molecule has 0 aliphatic rings. The van der Waals surface area contributed by atoms with E-state index in [1.807, 2.05) is 45.0 Å². The van der Waals surface area contributed by atoms with E-state index in [1.165, 1.54) is 0 Å². The Morgan fingerprint density at radius 1 is 0.905 bits per heavy atom. The summed E-state index contributed by atoms with van der Waals surface area (Å²) >= 11 is 0. The Kier molecular flexibility index (Phi) is 6.34. The molecule has 2 rings (SSSR count). The standard InChI is InChI=1S/C16H16N2O.C2H6/c1-11-3-5-14(6-4-11)16(19)18-15-9-7-13(8-10-15)12(2)17;1-2/h3-10,17H,1-2H3,(H,18,19);1-2H3. The summed E-state index contributed by atoms with van der Waals surface area (Å²) in [6.45, 7) is 7.72. The van der Waals surface area contributed by atoms with Gasteiger partial charge in [-0.2, -0.15) is 0 Å². The highest BCUT2D eigenvalue weighted by Crippen LogP contribution is 2.12. The largest absolute Gasteiger partial charge is 0.322 e. The van der Waals surface area contributed by atoms with E-state index < -0.39 is 0 Å². The van der Waals surface area contributed by atoms with Crippen LogP contribution in [0.25, 0.3) is 0 Å². The molecule has 0 radical (unpaired) electrons. The van der Waals surface area contributed by atoms with Crippen molar-refractivity contribution in [3.8, 4) is 0 Å². The molecule has 0 aliphatic heterocycles. The molecule has 3 heteroatoms. The monoisotopic (exact) mass is 282 g/mol. The average Bonchev–Trinajstić information content (AvgIpc) is 2.50. The van der Waals surface area contributed by atoms with Crippen LogP contribution in [-0.4, -0.2) is 11.6 Å². The molecule has 2 aromatic carbocycles. The second-order valence-corrected chi connectivity index (χ2v) is 4.52. The van der Waals surface area contributed by atoms with Gasteiger partial charge < -0.3 is 10.7 Å². The Hall–Kier alpha value is -2.42. The Labute approximate surface area is 126 Å². The molecule has 110 valence electrons. The first-order valence-corrected chi connectivity index (χ1v) is 7.10. The first kappa shape index (κ1) is 16.6. The molecule has 0 heterocycles. The molecule has 21 heavy (non-hydrogen) atoms. The van der Waals surface area contributed by atoms with Crippen molar-refractivity contribution in [2.75, 3.05) is 5.32 Å². The predicted molar refractivity (Wildman–Crippen MR) is 89.4 cm³/mol. The molecule has 0 spiro atoms. The topological polar surface area (TPSA) is 53.0 Å². The van der Waals surface area contributed by atoms with Gasteiger partial charge in [-0.05, 0) is 43.7 Å². The van der Waals surface area contributed by atoms with Crippen molar-refractivity contribution < 1.29 is 4.79 Å². The third-order valence-corrected chi connectivity index (χ3v) is 2.89. The number of benzene rings is 2. The van der Waals surface area contributed by atoms with Gasteiger partial charge in [0.05, 0.1) is 0 Å². The summed E-state index contributed by atoms with van der Waals surface area (Å²) in [5.41, 5.74) is 3.86. The van der Waals surface area contributed by atoms with Crippen molar-refractivity contribution in [2.24, 2.45) is 0 Å². The molecule has 0 aromatic heterocycles. The summed E-state index contributed by atoms with van der Waals surface area (Å²) in [5, 5.41) is 10.3. The fourth-order valence-electron chi connectivity index (χ4n) is 1.71. The van der Waals surface area contributed by atoms with Crippen molar-refractivity contribution in [2.45, 2.75) is 27.7 Å². The van der Waals surface area contributed by atoms with Crippen molar-refractivity contribution in [3.05, 3.63) is 65.2 Å².